The Morgan fingerprint density at radius 2 is 1.77 bits per heavy atom. The molecule has 0 bridgehead atoms. The molecule has 0 N–H and O–H groups in total. The van der Waals surface area contributed by atoms with Crippen LogP contribution >= 0.6 is 0 Å². The molecule has 26 heavy (non-hydrogen) atoms. The summed E-state index contributed by atoms with van der Waals surface area (Å²) in [4.78, 5) is 14.3. The molecule has 0 atom stereocenters. The molecular weight excluding hydrogens is 354 g/mol. The third-order valence-electron chi connectivity index (χ3n) is 4.62. The molecule has 0 radical (unpaired) electrons. The van der Waals surface area contributed by atoms with Crippen LogP contribution in [0.4, 0.5) is 0 Å². The van der Waals surface area contributed by atoms with Crippen molar-refractivity contribution < 1.29 is 12.8 Å². The third-order valence-corrected chi connectivity index (χ3v) is 6.52. The van der Waals surface area contributed by atoms with Crippen molar-refractivity contribution in [1.82, 2.24) is 13.8 Å². The quantitative estimate of drug-likeness (QED) is 0.809. The second kappa shape index (κ2) is 6.83. The topological polar surface area (TPSA) is 75.8 Å². The van der Waals surface area contributed by atoms with Crippen LogP contribution in [0.1, 0.15) is 27.7 Å². The number of fused-ring (bicyclic) bond motifs is 1. The lowest BCUT2D eigenvalue weighted by Crippen LogP contribution is -2.50. The summed E-state index contributed by atoms with van der Waals surface area (Å²) in [5.74, 6) is -0.465. The van der Waals surface area contributed by atoms with Crippen molar-refractivity contribution in [3.63, 3.8) is 0 Å². The van der Waals surface area contributed by atoms with E-state index in [0.717, 1.165) is 19.6 Å². The fourth-order valence-corrected chi connectivity index (χ4v) is 4.89. The van der Waals surface area contributed by atoms with Gasteiger partial charge >= 0.3 is 5.76 Å². The summed E-state index contributed by atoms with van der Waals surface area (Å²) < 4.78 is 34.1. The second-order valence-corrected chi connectivity index (χ2v) is 9.92. The lowest BCUT2D eigenvalue weighted by molar-refractivity contribution is 0.141. The lowest BCUT2D eigenvalue weighted by atomic mass is 9.96. The van der Waals surface area contributed by atoms with Gasteiger partial charge in [0, 0.05) is 45.3 Å². The van der Waals surface area contributed by atoms with E-state index in [-0.39, 0.29) is 10.3 Å². The Morgan fingerprint density at radius 1 is 1.12 bits per heavy atom. The molecule has 1 aliphatic rings. The van der Waals surface area contributed by atoms with E-state index in [4.69, 9.17) is 4.42 Å². The zero-order chi connectivity index (χ0) is 19.1. The first-order chi connectivity index (χ1) is 12.1. The summed E-state index contributed by atoms with van der Waals surface area (Å²) in [6.07, 6.45) is 0. The first-order valence-corrected chi connectivity index (χ1v) is 10.4. The Bertz CT molecular complexity index is 945. The Hall–Kier alpha value is -1.64. The lowest BCUT2D eigenvalue weighted by Gasteiger charge is -2.37. The van der Waals surface area contributed by atoms with E-state index in [9.17, 15) is 13.2 Å². The smallest absolute Gasteiger partial charge is 0.408 e. The van der Waals surface area contributed by atoms with E-state index in [1.807, 2.05) is 6.92 Å². The molecule has 2 aromatic rings. The second-order valence-electron chi connectivity index (χ2n) is 7.98. The van der Waals surface area contributed by atoms with Crippen molar-refractivity contribution in [3.8, 4) is 0 Å². The van der Waals surface area contributed by atoms with Gasteiger partial charge in [0.15, 0.2) is 5.58 Å². The summed E-state index contributed by atoms with van der Waals surface area (Å²) >= 11 is 0. The van der Waals surface area contributed by atoms with Crippen LogP contribution in [0.2, 0.25) is 0 Å². The number of aryl methyl sites for hydroxylation is 1. The number of hydrogen-bond donors (Lipinski definition) is 0. The number of piperazine rings is 1. The van der Waals surface area contributed by atoms with E-state index < -0.39 is 15.8 Å². The van der Waals surface area contributed by atoms with E-state index in [1.165, 1.54) is 14.9 Å². The molecule has 0 saturated carbocycles. The minimum Gasteiger partial charge on any atom is -0.408 e. The predicted molar refractivity (Wildman–Crippen MR) is 101 cm³/mol. The highest BCUT2D eigenvalue weighted by molar-refractivity contribution is 7.89. The Kier molecular flexibility index (Phi) is 5.02. The number of rotatable bonds is 4. The molecule has 144 valence electrons. The Balaban J connectivity index is 1.81. The maximum absolute atomic E-state index is 13.0. The van der Waals surface area contributed by atoms with Crippen LogP contribution < -0.4 is 5.76 Å². The maximum atomic E-state index is 13.0. The fourth-order valence-electron chi connectivity index (χ4n) is 3.45. The first-order valence-electron chi connectivity index (χ1n) is 8.98. The monoisotopic (exact) mass is 381 g/mol. The highest BCUT2D eigenvalue weighted by atomic mass is 32.2. The van der Waals surface area contributed by atoms with Gasteiger partial charge in [0.2, 0.25) is 10.0 Å². The zero-order valence-corrected chi connectivity index (χ0v) is 16.7. The van der Waals surface area contributed by atoms with Gasteiger partial charge in [-0.2, -0.15) is 4.31 Å². The van der Waals surface area contributed by atoms with Crippen LogP contribution in [-0.2, 0) is 16.6 Å². The molecule has 7 nitrogen and oxygen atoms in total. The van der Waals surface area contributed by atoms with Crippen LogP contribution in [0, 0.1) is 5.41 Å². The van der Waals surface area contributed by atoms with Crippen molar-refractivity contribution in [2.75, 3.05) is 32.7 Å². The van der Waals surface area contributed by atoms with Gasteiger partial charge in [-0.3, -0.25) is 4.57 Å². The first kappa shape index (κ1) is 19.1. The summed E-state index contributed by atoms with van der Waals surface area (Å²) in [7, 11) is -3.60. The van der Waals surface area contributed by atoms with Crippen molar-refractivity contribution in [2.24, 2.45) is 5.41 Å². The van der Waals surface area contributed by atoms with E-state index >= 15 is 0 Å². The van der Waals surface area contributed by atoms with Gasteiger partial charge in [0.1, 0.15) is 0 Å². The molecule has 8 heteroatoms. The molecule has 3 rings (SSSR count). The van der Waals surface area contributed by atoms with Crippen LogP contribution in [0.5, 0.6) is 0 Å². The third kappa shape index (κ3) is 3.72. The Morgan fingerprint density at radius 3 is 2.35 bits per heavy atom. The highest BCUT2D eigenvalue weighted by Crippen LogP contribution is 2.23. The summed E-state index contributed by atoms with van der Waals surface area (Å²) in [6, 6.07) is 4.66. The molecule has 1 fully saturated rings. The average Bonchev–Trinajstić information content (AvgIpc) is 2.88. The number of oxazole rings is 1. The molecule has 0 spiro atoms. The normalized spacial score (nSPS) is 17.8. The molecular formula is C18H27N3O4S. The number of sulfonamides is 1. The molecule has 1 aromatic carbocycles. The van der Waals surface area contributed by atoms with Gasteiger partial charge in [-0.05, 0) is 24.5 Å². The predicted octanol–water partition coefficient (Wildman–Crippen LogP) is 1.97. The van der Waals surface area contributed by atoms with Crippen LogP contribution in [0.15, 0.2) is 32.3 Å². The van der Waals surface area contributed by atoms with Gasteiger partial charge in [-0.25, -0.2) is 13.2 Å². The molecule has 2 heterocycles. The van der Waals surface area contributed by atoms with Crippen molar-refractivity contribution in [3.05, 3.63) is 28.7 Å². The largest absolute Gasteiger partial charge is 0.419 e. The average molecular weight is 381 g/mol. The minimum absolute atomic E-state index is 0.172. The van der Waals surface area contributed by atoms with E-state index in [0.29, 0.717) is 30.7 Å². The SMILES string of the molecule is CCn1c(=O)oc2cc(S(=O)(=O)N3CCN(CC(C)(C)C)CC3)ccc21. The highest BCUT2D eigenvalue weighted by Gasteiger charge is 2.30. The Labute approximate surface area is 154 Å². The molecule has 0 amide bonds. The summed E-state index contributed by atoms with van der Waals surface area (Å²) in [5.41, 5.74) is 1.12. The van der Waals surface area contributed by atoms with Gasteiger partial charge < -0.3 is 9.32 Å². The van der Waals surface area contributed by atoms with Crippen LogP contribution in [-0.4, -0.2) is 54.9 Å². The van der Waals surface area contributed by atoms with Gasteiger partial charge in [0.05, 0.1) is 10.4 Å². The fraction of sp³-hybridized carbons (Fsp3) is 0.611. The van der Waals surface area contributed by atoms with Crippen LogP contribution in [0.3, 0.4) is 0 Å². The molecule has 1 aromatic heterocycles. The number of hydrogen-bond acceptors (Lipinski definition) is 5. The van der Waals surface area contributed by atoms with Crippen molar-refractivity contribution >= 4 is 21.1 Å². The minimum atomic E-state index is -3.60. The van der Waals surface area contributed by atoms with Gasteiger partial charge in [-0.1, -0.05) is 20.8 Å². The van der Waals surface area contributed by atoms with Crippen LogP contribution in [0.25, 0.3) is 11.1 Å². The maximum Gasteiger partial charge on any atom is 0.419 e. The molecule has 1 aliphatic heterocycles. The summed E-state index contributed by atoms with van der Waals surface area (Å²) in [6.45, 7) is 12.2. The van der Waals surface area contributed by atoms with Gasteiger partial charge in [-0.15, -0.1) is 0 Å². The number of nitrogens with zero attached hydrogens (tertiary/aromatic N) is 3. The van der Waals surface area contributed by atoms with E-state index in [1.54, 1.807) is 12.1 Å². The number of aromatic nitrogens is 1. The van der Waals surface area contributed by atoms with Gasteiger partial charge in [0.25, 0.3) is 0 Å². The zero-order valence-electron chi connectivity index (χ0n) is 15.9. The summed E-state index contributed by atoms with van der Waals surface area (Å²) in [5, 5.41) is 0. The standard InChI is InChI=1S/C18H27N3O4S/c1-5-21-15-7-6-14(12-16(15)25-17(21)22)26(23,24)20-10-8-19(9-11-20)13-18(2,3)4/h6-7,12H,5,8-11,13H2,1-4H3. The molecule has 1 saturated heterocycles. The van der Waals surface area contributed by atoms with Crippen molar-refractivity contribution in [2.45, 2.75) is 39.1 Å². The number of benzene rings is 1. The molecule has 0 unspecified atom stereocenters. The van der Waals surface area contributed by atoms with E-state index in [2.05, 4.69) is 25.7 Å². The van der Waals surface area contributed by atoms with Crippen molar-refractivity contribution in [1.29, 1.82) is 0 Å². The molecule has 0 aliphatic carbocycles.